The number of benzene rings is 2. The molecule has 0 aliphatic rings. The Morgan fingerprint density at radius 1 is 1.19 bits per heavy atom. The van der Waals surface area contributed by atoms with Gasteiger partial charge in [-0.3, -0.25) is 4.79 Å². The third kappa shape index (κ3) is 5.66. The number of nitrogen functional groups attached to an aromatic ring is 1. The Labute approximate surface area is 188 Å². The number of thioether (sulfide) groups is 1. The minimum absolute atomic E-state index is 0.0353. The SMILES string of the molecule is COc1ccc(OC)c(NC(=O)CSc2nnc(N/N=C(\C)c3ccc(F)cc3)n2N)c1. The molecular formula is C20H22FN7O3S. The number of hydrazone groups is 1. The molecule has 0 atom stereocenters. The van der Waals surface area contributed by atoms with Crippen LogP contribution < -0.4 is 26.1 Å². The molecular weight excluding hydrogens is 437 g/mol. The fourth-order valence-electron chi connectivity index (χ4n) is 2.57. The van der Waals surface area contributed by atoms with E-state index in [4.69, 9.17) is 15.3 Å². The highest BCUT2D eigenvalue weighted by atomic mass is 32.2. The van der Waals surface area contributed by atoms with E-state index in [2.05, 4.69) is 26.0 Å². The summed E-state index contributed by atoms with van der Waals surface area (Å²) in [6.45, 7) is 1.75. The molecule has 32 heavy (non-hydrogen) atoms. The molecule has 0 aliphatic carbocycles. The number of halogens is 1. The molecule has 0 aliphatic heterocycles. The number of nitrogens with two attached hydrogens (primary N) is 1. The average molecular weight is 460 g/mol. The number of hydrogen-bond donors (Lipinski definition) is 3. The Kier molecular flexibility index (Phi) is 7.49. The summed E-state index contributed by atoms with van der Waals surface area (Å²) in [7, 11) is 3.05. The molecule has 0 saturated carbocycles. The molecule has 3 rings (SSSR count). The van der Waals surface area contributed by atoms with Gasteiger partial charge in [0.1, 0.15) is 17.3 Å². The number of hydrogen-bond acceptors (Lipinski definition) is 9. The number of carbonyl (C=O) groups is 1. The number of anilines is 2. The first-order valence-corrected chi connectivity index (χ1v) is 10.3. The summed E-state index contributed by atoms with van der Waals surface area (Å²) in [4.78, 5) is 12.4. The van der Waals surface area contributed by atoms with E-state index in [1.54, 1.807) is 37.3 Å². The Morgan fingerprint density at radius 2 is 1.94 bits per heavy atom. The van der Waals surface area contributed by atoms with Crippen LogP contribution in [-0.2, 0) is 4.79 Å². The largest absolute Gasteiger partial charge is 0.497 e. The highest BCUT2D eigenvalue weighted by Gasteiger charge is 2.14. The van der Waals surface area contributed by atoms with Crippen LogP contribution in [-0.4, -0.2) is 46.5 Å². The number of nitrogens with zero attached hydrogens (tertiary/aromatic N) is 4. The van der Waals surface area contributed by atoms with E-state index in [0.29, 0.717) is 28.1 Å². The maximum absolute atomic E-state index is 13.0. The zero-order chi connectivity index (χ0) is 23.1. The van der Waals surface area contributed by atoms with E-state index >= 15 is 0 Å². The van der Waals surface area contributed by atoms with Crippen molar-refractivity contribution in [2.24, 2.45) is 5.10 Å². The maximum Gasteiger partial charge on any atom is 0.264 e. The van der Waals surface area contributed by atoms with E-state index in [1.807, 2.05) is 0 Å². The molecule has 0 bridgehead atoms. The predicted octanol–water partition coefficient (Wildman–Crippen LogP) is 2.72. The second-order valence-electron chi connectivity index (χ2n) is 6.40. The quantitative estimate of drug-likeness (QED) is 0.193. The number of ether oxygens (including phenoxy) is 2. The van der Waals surface area contributed by atoms with Crippen molar-refractivity contribution in [2.75, 3.05) is 36.6 Å². The molecule has 0 spiro atoms. The van der Waals surface area contributed by atoms with Crippen LogP contribution in [0.15, 0.2) is 52.7 Å². The first-order chi connectivity index (χ1) is 15.4. The maximum atomic E-state index is 13.0. The molecule has 168 valence electrons. The van der Waals surface area contributed by atoms with Gasteiger partial charge in [0.05, 0.1) is 31.4 Å². The standard InChI is InChI=1S/C20H22FN7O3S/c1-12(13-4-6-14(21)7-5-13)24-25-19-26-27-20(28(19)22)32-11-18(29)23-16-10-15(30-2)8-9-17(16)31-3/h4-10H,11,22H2,1-3H3,(H,23,29)(H,25,26)/b24-12+. The highest BCUT2D eigenvalue weighted by molar-refractivity contribution is 7.99. The van der Waals surface area contributed by atoms with Gasteiger partial charge < -0.3 is 20.6 Å². The van der Waals surface area contributed by atoms with Crippen molar-refractivity contribution in [3.05, 3.63) is 53.8 Å². The summed E-state index contributed by atoms with van der Waals surface area (Å²) in [5.74, 6) is 6.69. The van der Waals surface area contributed by atoms with Gasteiger partial charge in [-0.15, -0.1) is 10.2 Å². The monoisotopic (exact) mass is 459 g/mol. The summed E-state index contributed by atoms with van der Waals surface area (Å²) < 4.78 is 24.7. The van der Waals surface area contributed by atoms with E-state index in [1.165, 1.54) is 31.0 Å². The minimum atomic E-state index is -0.327. The van der Waals surface area contributed by atoms with Crippen molar-refractivity contribution in [3.63, 3.8) is 0 Å². The van der Waals surface area contributed by atoms with Crippen molar-refractivity contribution >= 4 is 35.0 Å². The van der Waals surface area contributed by atoms with Crippen LogP contribution in [0.3, 0.4) is 0 Å². The normalized spacial score (nSPS) is 11.2. The van der Waals surface area contributed by atoms with Crippen LogP contribution in [0.25, 0.3) is 0 Å². The van der Waals surface area contributed by atoms with E-state index < -0.39 is 0 Å². The second kappa shape index (κ2) is 10.5. The fourth-order valence-corrected chi connectivity index (χ4v) is 3.23. The fraction of sp³-hybridized carbons (Fsp3) is 0.200. The molecule has 12 heteroatoms. The Hall–Kier alpha value is -3.80. The first kappa shape index (κ1) is 22.9. The molecule has 0 fully saturated rings. The van der Waals surface area contributed by atoms with E-state index in [-0.39, 0.29) is 23.4 Å². The van der Waals surface area contributed by atoms with Gasteiger partial charge in [-0.1, -0.05) is 23.9 Å². The Bertz CT molecular complexity index is 1120. The van der Waals surface area contributed by atoms with Gasteiger partial charge in [0, 0.05) is 6.07 Å². The molecule has 2 aromatic carbocycles. The lowest BCUT2D eigenvalue weighted by molar-refractivity contribution is -0.113. The van der Waals surface area contributed by atoms with Gasteiger partial charge in [0.25, 0.3) is 5.95 Å². The number of carbonyl (C=O) groups excluding carboxylic acids is 1. The molecule has 3 aromatic rings. The number of rotatable bonds is 9. The van der Waals surface area contributed by atoms with Crippen LogP contribution in [0.5, 0.6) is 11.5 Å². The van der Waals surface area contributed by atoms with Crippen LogP contribution in [0, 0.1) is 5.82 Å². The molecule has 10 nitrogen and oxygen atoms in total. The summed E-state index contributed by atoms with van der Waals surface area (Å²) in [5, 5.41) is 15.2. The zero-order valence-electron chi connectivity index (χ0n) is 17.6. The van der Waals surface area contributed by atoms with Crippen molar-refractivity contribution in [1.29, 1.82) is 0 Å². The van der Waals surface area contributed by atoms with Crippen molar-refractivity contribution < 1.29 is 18.7 Å². The van der Waals surface area contributed by atoms with Crippen LogP contribution in [0.1, 0.15) is 12.5 Å². The Morgan fingerprint density at radius 3 is 2.62 bits per heavy atom. The topological polar surface area (TPSA) is 129 Å². The number of nitrogens with one attached hydrogen (secondary N) is 2. The van der Waals surface area contributed by atoms with Crippen molar-refractivity contribution in [2.45, 2.75) is 12.1 Å². The van der Waals surface area contributed by atoms with Crippen molar-refractivity contribution in [1.82, 2.24) is 14.9 Å². The molecule has 4 N–H and O–H groups in total. The zero-order valence-corrected chi connectivity index (χ0v) is 18.4. The molecule has 0 radical (unpaired) electrons. The van der Waals surface area contributed by atoms with Crippen molar-refractivity contribution in [3.8, 4) is 11.5 Å². The average Bonchev–Trinajstić information content (AvgIpc) is 3.15. The van der Waals surface area contributed by atoms with Crippen LogP contribution in [0.4, 0.5) is 16.0 Å². The van der Waals surface area contributed by atoms with Gasteiger partial charge in [0.2, 0.25) is 11.1 Å². The summed E-state index contributed by atoms with van der Waals surface area (Å²) in [5.41, 5.74) is 4.54. The number of aromatic nitrogens is 3. The van der Waals surface area contributed by atoms with Gasteiger partial charge in [-0.05, 0) is 36.8 Å². The lowest BCUT2D eigenvalue weighted by atomic mass is 10.1. The second-order valence-corrected chi connectivity index (χ2v) is 7.34. The smallest absolute Gasteiger partial charge is 0.264 e. The summed E-state index contributed by atoms with van der Waals surface area (Å²) in [6, 6.07) is 11.0. The third-order valence-corrected chi connectivity index (χ3v) is 5.21. The van der Waals surface area contributed by atoms with E-state index in [9.17, 15) is 9.18 Å². The third-order valence-electron chi connectivity index (χ3n) is 4.26. The minimum Gasteiger partial charge on any atom is -0.497 e. The number of methoxy groups -OCH3 is 2. The Balaban J connectivity index is 1.59. The van der Waals surface area contributed by atoms with Gasteiger partial charge in [-0.25, -0.2) is 14.5 Å². The van der Waals surface area contributed by atoms with Crippen LogP contribution >= 0.6 is 11.8 Å². The molecule has 0 unspecified atom stereocenters. The van der Waals surface area contributed by atoms with Gasteiger partial charge >= 0.3 is 0 Å². The predicted molar refractivity (Wildman–Crippen MR) is 121 cm³/mol. The first-order valence-electron chi connectivity index (χ1n) is 9.32. The van der Waals surface area contributed by atoms with Gasteiger partial charge in [-0.2, -0.15) is 5.10 Å². The number of amides is 1. The lowest BCUT2D eigenvalue weighted by Crippen LogP contribution is -2.17. The molecule has 1 heterocycles. The van der Waals surface area contributed by atoms with Crippen LogP contribution in [0.2, 0.25) is 0 Å². The molecule has 1 aromatic heterocycles. The summed E-state index contributed by atoms with van der Waals surface area (Å²) in [6.07, 6.45) is 0. The molecule has 1 amide bonds. The summed E-state index contributed by atoms with van der Waals surface area (Å²) >= 11 is 1.10. The highest BCUT2D eigenvalue weighted by Crippen LogP contribution is 2.29. The van der Waals surface area contributed by atoms with Gasteiger partial charge in [0.15, 0.2) is 0 Å². The lowest BCUT2D eigenvalue weighted by Gasteiger charge is -2.11. The van der Waals surface area contributed by atoms with E-state index in [0.717, 1.165) is 17.3 Å². The molecule has 0 saturated heterocycles.